The van der Waals surface area contributed by atoms with Crippen molar-refractivity contribution in [1.29, 1.82) is 0 Å². The first-order valence-corrected chi connectivity index (χ1v) is 7.86. The third-order valence-electron chi connectivity index (χ3n) is 3.14. The van der Waals surface area contributed by atoms with Crippen molar-refractivity contribution in [3.05, 3.63) is 70.2 Å². The standard InChI is InChI=1S/C19H21ClO3/c1-19(2,3)23-13-15-9-10-17(20)16(11-15)18(21)22-12-14-7-5-4-6-8-14/h4-11H,12-13H2,1-3H3. The van der Waals surface area contributed by atoms with Gasteiger partial charge in [-0.05, 0) is 44.0 Å². The van der Waals surface area contributed by atoms with E-state index >= 15 is 0 Å². The molecule has 0 atom stereocenters. The number of benzene rings is 2. The fraction of sp³-hybridized carbons (Fsp3) is 0.316. The molecule has 0 spiro atoms. The normalized spacial score (nSPS) is 11.3. The molecule has 2 rings (SSSR count). The van der Waals surface area contributed by atoms with E-state index in [1.165, 1.54) is 0 Å². The first kappa shape index (κ1) is 17.5. The van der Waals surface area contributed by atoms with Gasteiger partial charge in [-0.2, -0.15) is 0 Å². The summed E-state index contributed by atoms with van der Waals surface area (Å²) in [5.41, 5.74) is 1.94. The zero-order valence-corrected chi connectivity index (χ0v) is 14.4. The number of hydrogen-bond donors (Lipinski definition) is 0. The Morgan fingerprint density at radius 2 is 1.70 bits per heavy atom. The number of halogens is 1. The summed E-state index contributed by atoms with van der Waals surface area (Å²) in [4.78, 5) is 12.2. The number of rotatable bonds is 5. The maximum atomic E-state index is 12.2. The Labute approximate surface area is 142 Å². The lowest BCUT2D eigenvalue weighted by molar-refractivity contribution is -0.0149. The van der Waals surface area contributed by atoms with Crippen LogP contribution in [0.2, 0.25) is 5.02 Å². The number of carbonyl (C=O) groups is 1. The third kappa shape index (κ3) is 5.70. The predicted molar refractivity (Wildman–Crippen MR) is 91.6 cm³/mol. The fourth-order valence-electron chi connectivity index (χ4n) is 1.92. The van der Waals surface area contributed by atoms with Crippen LogP contribution in [0.3, 0.4) is 0 Å². The van der Waals surface area contributed by atoms with Gasteiger partial charge in [0.1, 0.15) is 6.61 Å². The van der Waals surface area contributed by atoms with Gasteiger partial charge in [-0.25, -0.2) is 4.79 Å². The molecule has 0 bridgehead atoms. The second-order valence-electron chi connectivity index (χ2n) is 6.28. The Morgan fingerprint density at radius 3 is 2.35 bits per heavy atom. The van der Waals surface area contributed by atoms with Crippen molar-refractivity contribution in [2.75, 3.05) is 0 Å². The van der Waals surface area contributed by atoms with Gasteiger partial charge >= 0.3 is 5.97 Å². The predicted octanol–water partition coefficient (Wildman–Crippen LogP) is 5.01. The van der Waals surface area contributed by atoms with Gasteiger partial charge in [0.05, 0.1) is 22.8 Å². The third-order valence-corrected chi connectivity index (χ3v) is 3.46. The molecular formula is C19H21ClO3. The molecule has 0 aliphatic rings. The van der Waals surface area contributed by atoms with Gasteiger partial charge in [0.25, 0.3) is 0 Å². The smallest absolute Gasteiger partial charge is 0.339 e. The quantitative estimate of drug-likeness (QED) is 0.722. The minimum Gasteiger partial charge on any atom is -0.457 e. The number of ether oxygens (including phenoxy) is 2. The summed E-state index contributed by atoms with van der Waals surface area (Å²) in [5.74, 6) is -0.434. The summed E-state index contributed by atoms with van der Waals surface area (Å²) < 4.78 is 11.1. The highest BCUT2D eigenvalue weighted by Gasteiger charge is 2.15. The topological polar surface area (TPSA) is 35.5 Å². The van der Waals surface area contributed by atoms with Crippen LogP contribution in [0.1, 0.15) is 42.3 Å². The van der Waals surface area contributed by atoms with Crippen LogP contribution in [0.15, 0.2) is 48.5 Å². The number of carbonyl (C=O) groups excluding carboxylic acids is 1. The van der Waals surface area contributed by atoms with Gasteiger partial charge in [-0.15, -0.1) is 0 Å². The Bertz CT molecular complexity index is 660. The second kappa shape index (κ2) is 7.62. The summed E-state index contributed by atoms with van der Waals surface area (Å²) in [6.07, 6.45) is 0. The summed E-state index contributed by atoms with van der Waals surface area (Å²) >= 11 is 6.12. The molecule has 0 aliphatic carbocycles. The summed E-state index contributed by atoms with van der Waals surface area (Å²) in [6, 6.07) is 14.8. The van der Waals surface area contributed by atoms with Crippen molar-refractivity contribution in [2.24, 2.45) is 0 Å². The lowest BCUT2D eigenvalue weighted by Crippen LogP contribution is -2.18. The maximum Gasteiger partial charge on any atom is 0.339 e. The molecule has 0 aliphatic heterocycles. The molecule has 0 N–H and O–H groups in total. The molecule has 2 aromatic rings. The van der Waals surface area contributed by atoms with Crippen molar-refractivity contribution >= 4 is 17.6 Å². The van der Waals surface area contributed by atoms with E-state index in [0.717, 1.165) is 11.1 Å². The molecule has 0 saturated carbocycles. The highest BCUT2D eigenvalue weighted by atomic mass is 35.5. The van der Waals surface area contributed by atoms with Gasteiger partial charge in [0, 0.05) is 0 Å². The van der Waals surface area contributed by atoms with Crippen LogP contribution < -0.4 is 0 Å². The minimum atomic E-state index is -0.434. The molecule has 0 unspecified atom stereocenters. The van der Waals surface area contributed by atoms with E-state index in [0.29, 0.717) is 17.2 Å². The van der Waals surface area contributed by atoms with E-state index < -0.39 is 5.97 Å². The summed E-state index contributed by atoms with van der Waals surface area (Å²) in [7, 11) is 0. The Hall–Kier alpha value is -1.84. The number of esters is 1. The molecular weight excluding hydrogens is 312 g/mol. The Kier molecular flexibility index (Phi) is 5.80. The average molecular weight is 333 g/mol. The van der Waals surface area contributed by atoms with E-state index in [9.17, 15) is 4.79 Å². The van der Waals surface area contributed by atoms with Crippen LogP contribution >= 0.6 is 11.6 Å². The van der Waals surface area contributed by atoms with Gasteiger partial charge in [-0.1, -0.05) is 48.0 Å². The van der Waals surface area contributed by atoms with E-state index in [2.05, 4.69) is 0 Å². The fourth-order valence-corrected chi connectivity index (χ4v) is 2.11. The van der Waals surface area contributed by atoms with Crippen molar-refractivity contribution in [1.82, 2.24) is 0 Å². The van der Waals surface area contributed by atoms with Crippen molar-refractivity contribution in [3.8, 4) is 0 Å². The molecule has 23 heavy (non-hydrogen) atoms. The van der Waals surface area contributed by atoms with E-state index in [1.54, 1.807) is 12.1 Å². The van der Waals surface area contributed by atoms with Gasteiger partial charge < -0.3 is 9.47 Å². The van der Waals surface area contributed by atoms with Gasteiger partial charge in [0.15, 0.2) is 0 Å². The molecule has 0 saturated heterocycles. The van der Waals surface area contributed by atoms with Crippen LogP contribution in [0.25, 0.3) is 0 Å². The first-order chi connectivity index (χ1) is 10.8. The monoisotopic (exact) mass is 332 g/mol. The molecule has 0 fully saturated rings. The zero-order valence-electron chi connectivity index (χ0n) is 13.6. The molecule has 122 valence electrons. The summed E-state index contributed by atoms with van der Waals surface area (Å²) in [5, 5.41) is 0.377. The summed E-state index contributed by atoms with van der Waals surface area (Å²) in [6.45, 7) is 6.59. The lowest BCUT2D eigenvalue weighted by Gasteiger charge is -2.19. The highest BCUT2D eigenvalue weighted by molar-refractivity contribution is 6.33. The highest BCUT2D eigenvalue weighted by Crippen LogP contribution is 2.21. The van der Waals surface area contributed by atoms with Crippen LogP contribution in [-0.2, 0) is 22.7 Å². The first-order valence-electron chi connectivity index (χ1n) is 7.48. The van der Waals surface area contributed by atoms with Crippen molar-refractivity contribution in [3.63, 3.8) is 0 Å². The molecule has 0 heterocycles. The van der Waals surface area contributed by atoms with Crippen molar-refractivity contribution in [2.45, 2.75) is 39.6 Å². The van der Waals surface area contributed by atoms with Gasteiger partial charge in [-0.3, -0.25) is 0 Å². The SMILES string of the molecule is CC(C)(C)OCc1ccc(Cl)c(C(=O)OCc2ccccc2)c1. The molecule has 2 aromatic carbocycles. The van der Waals surface area contributed by atoms with Crippen molar-refractivity contribution < 1.29 is 14.3 Å². The second-order valence-corrected chi connectivity index (χ2v) is 6.68. The molecule has 0 amide bonds. The van der Waals surface area contributed by atoms with Crippen LogP contribution in [0, 0.1) is 0 Å². The molecule has 3 nitrogen and oxygen atoms in total. The van der Waals surface area contributed by atoms with E-state index in [4.69, 9.17) is 21.1 Å². The Balaban J connectivity index is 2.04. The maximum absolute atomic E-state index is 12.2. The Morgan fingerprint density at radius 1 is 1.00 bits per heavy atom. The van der Waals surface area contributed by atoms with E-state index in [1.807, 2.05) is 57.2 Å². The molecule has 0 aromatic heterocycles. The van der Waals surface area contributed by atoms with Crippen LogP contribution in [0.5, 0.6) is 0 Å². The van der Waals surface area contributed by atoms with Gasteiger partial charge in [0.2, 0.25) is 0 Å². The zero-order chi connectivity index (χ0) is 16.9. The molecule has 0 radical (unpaired) electrons. The molecule has 4 heteroatoms. The lowest BCUT2D eigenvalue weighted by atomic mass is 10.1. The van der Waals surface area contributed by atoms with E-state index in [-0.39, 0.29) is 12.2 Å². The van der Waals surface area contributed by atoms with Crippen LogP contribution in [0.4, 0.5) is 0 Å². The minimum absolute atomic E-state index is 0.221. The largest absolute Gasteiger partial charge is 0.457 e. The average Bonchev–Trinajstić information content (AvgIpc) is 2.52. The van der Waals surface area contributed by atoms with Crippen LogP contribution in [-0.4, -0.2) is 11.6 Å². The number of hydrogen-bond acceptors (Lipinski definition) is 3.